The molecular formula is C11H8N4OS. The summed E-state index contributed by atoms with van der Waals surface area (Å²) in [5.41, 5.74) is 3.02. The van der Waals surface area contributed by atoms with Crippen LogP contribution in [0.3, 0.4) is 0 Å². The molecular weight excluding hydrogens is 236 g/mol. The molecule has 0 aliphatic rings. The molecule has 1 N–H and O–H groups in total. The molecule has 5 nitrogen and oxygen atoms in total. The van der Waals surface area contributed by atoms with Crippen LogP contribution in [0.25, 0.3) is 22.6 Å². The van der Waals surface area contributed by atoms with Crippen molar-refractivity contribution in [2.45, 2.75) is 6.92 Å². The zero-order valence-corrected chi connectivity index (χ0v) is 9.78. The maximum absolute atomic E-state index is 5.24. The topological polar surface area (TPSA) is 67.6 Å². The van der Waals surface area contributed by atoms with Crippen molar-refractivity contribution >= 4 is 23.3 Å². The second-order valence-electron chi connectivity index (χ2n) is 3.56. The Morgan fingerprint density at radius 1 is 1.18 bits per heavy atom. The summed E-state index contributed by atoms with van der Waals surface area (Å²) in [5.74, 6) is 0.366. The third-order valence-electron chi connectivity index (χ3n) is 2.39. The number of aromatic amines is 1. The number of para-hydroxylation sites is 2. The highest BCUT2D eigenvalue weighted by molar-refractivity contribution is 7.71. The molecule has 2 aromatic heterocycles. The molecule has 17 heavy (non-hydrogen) atoms. The van der Waals surface area contributed by atoms with Crippen LogP contribution in [0.1, 0.15) is 5.69 Å². The Bertz CT molecular complexity index is 746. The van der Waals surface area contributed by atoms with Crippen LogP contribution in [0.5, 0.6) is 0 Å². The van der Waals surface area contributed by atoms with E-state index in [2.05, 4.69) is 20.2 Å². The van der Waals surface area contributed by atoms with Crippen molar-refractivity contribution in [3.05, 3.63) is 34.8 Å². The van der Waals surface area contributed by atoms with Crippen LogP contribution in [0.2, 0.25) is 0 Å². The second-order valence-corrected chi connectivity index (χ2v) is 3.94. The van der Waals surface area contributed by atoms with E-state index >= 15 is 0 Å². The number of nitrogens with one attached hydrogen (secondary N) is 1. The molecule has 3 aromatic rings. The molecule has 84 valence electrons. The second kappa shape index (κ2) is 3.74. The fourth-order valence-corrected chi connectivity index (χ4v) is 1.75. The van der Waals surface area contributed by atoms with Crippen molar-refractivity contribution in [2.24, 2.45) is 0 Å². The van der Waals surface area contributed by atoms with Gasteiger partial charge in [0.2, 0.25) is 0 Å². The molecule has 0 fully saturated rings. The van der Waals surface area contributed by atoms with Crippen LogP contribution >= 0.6 is 12.2 Å². The summed E-state index contributed by atoms with van der Waals surface area (Å²) in [6, 6.07) is 7.65. The molecule has 1 aromatic carbocycles. The van der Waals surface area contributed by atoms with E-state index in [1.54, 1.807) is 0 Å². The lowest BCUT2D eigenvalue weighted by atomic mass is 10.2. The Hall–Kier alpha value is -2.08. The molecule has 0 atom stereocenters. The number of nitrogens with zero attached hydrogens (tertiary/aromatic N) is 3. The standard InChI is InChI=1S/C11H8N4OS/c1-6-9(10-14-15-11(17)16-10)13-8-5-3-2-4-7(8)12-6/h2-5H,1H3,(H,15,17). The summed E-state index contributed by atoms with van der Waals surface area (Å²) < 4.78 is 5.24. The number of aromatic nitrogens is 4. The van der Waals surface area contributed by atoms with Crippen LogP contribution in [-0.4, -0.2) is 20.2 Å². The molecule has 0 aliphatic heterocycles. The van der Waals surface area contributed by atoms with Gasteiger partial charge in [-0.2, -0.15) is 0 Å². The first kappa shape index (κ1) is 10.1. The minimum absolute atomic E-state index is 0.231. The molecule has 0 radical (unpaired) electrons. The van der Waals surface area contributed by atoms with Crippen molar-refractivity contribution in [3.63, 3.8) is 0 Å². The van der Waals surface area contributed by atoms with E-state index in [1.807, 2.05) is 31.2 Å². The highest BCUT2D eigenvalue weighted by Crippen LogP contribution is 2.20. The zero-order valence-electron chi connectivity index (χ0n) is 8.97. The largest absolute Gasteiger partial charge is 0.408 e. The molecule has 0 saturated carbocycles. The van der Waals surface area contributed by atoms with Crippen LogP contribution in [-0.2, 0) is 0 Å². The molecule has 0 bridgehead atoms. The van der Waals surface area contributed by atoms with Gasteiger partial charge in [-0.15, -0.1) is 5.10 Å². The minimum atomic E-state index is 0.231. The molecule has 3 rings (SSSR count). The Labute approximate surface area is 102 Å². The van der Waals surface area contributed by atoms with Gasteiger partial charge in [0.1, 0.15) is 5.69 Å². The maximum atomic E-state index is 5.24. The van der Waals surface area contributed by atoms with Gasteiger partial charge in [-0.05, 0) is 31.3 Å². The van der Waals surface area contributed by atoms with Gasteiger partial charge < -0.3 is 4.42 Å². The Morgan fingerprint density at radius 3 is 2.53 bits per heavy atom. The van der Waals surface area contributed by atoms with E-state index in [-0.39, 0.29) is 4.84 Å². The first-order chi connectivity index (χ1) is 8.24. The summed E-state index contributed by atoms with van der Waals surface area (Å²) in [4.78, 5) is 9.16. The van der Waals surface area contributed by atoms with Gasteiger partial charge in [0.05, 0.1) is 16.7 Å². The summed E-state index contributed by atoms with van der Waals surface area (Å²) in [5, 5.41) is 6.53. The van der Waals surface area contributed by atoms with Crippen LogP contribution < -0.4 is 0 Å². The van der Waals surface area contributed by atoms with Crippen LogP contribution in [0.4, 0.5) is 0 Å². The third-order valence-corrected chi connectivity index (χ3v) is 2.56. The highest BCUT2D eigenvalue weighted by Gasteiger charge is 2.11. The third kappa shape index (κ3) is 1.72. The molecule has 0 amide bonds. The Morgan fingerprint density at radius 2 is 1.88 bits per heavy atom. The predicted octanol–water partition coefficient (Wildman–Crippen LogP) is 2.65. The van der Waals surface area contributed by atoms with Crippen LogP contribution in [0, 0.1) is 11.8 Å². The quantitative estimate of drug-likeness (QED) is 0.666. The number of aryl methyl sites for hydroxylation is 1. The van der Waals surface area contributed by atoms with Crippen molar-refractivity contribution in [2.75, 3.05) is 0 Å². The van der Waals surface area contributed by atoms with E-state index in [1.165, 1.54) is 0 Å². The first-order valence-corrected chi connectivity index (χ1v) is 5.44. The van der Waals surface area contributed by atoms with Gasteiger partial charge in [0.15, 0.2) is 0 Å². The van der Waals surface area contributed by atoms with E-state index in [0.29, 0.717) is 11.6 Å². The molecule has 0 spiro atoms. The fraction of sp³-hybridized carbons (Fsp3) is 0.0909. The average Bonchev–Trinajstić information content (AvgIpc) is 2.75. The van der Waals surface area contributed by atoms with Gasteiger partial charge in [-0.25, -0.2) is 15.1 Å². The monoisotopic (exact) mass is 244 g/mol. The molecule has 2 heterocycles. The van der Waals surface area contributed by atoms with Gasteiger partial charge in [0, 0.05) is 0 Å². The predicted molar refractivity (Wildman–Crippen MR) is 65.0 cm³/mol. The lowest BCUT2D eigenvalue weighted by Gasteiger charge is -2.02. The number of fused-ring (bicyclic) bond motifs is 1. The smallest absolute Gasteiger partial charge is 0.284 e. The normalized spacial score (nSPS) is 10.9. The summed E-state index contributed by atoms with van der Waals surface area (Å²) >= 11 is 4.84. The summed E-state index contributed by atoms with van der Waals surface area (Å²) in [6.45, 7) is 1.86. The van der Waals surface area contributed by atoms with Gasteiger partial charge >= 0.3 is 0 Å². The maximum Gasteiger partial charge on any atom is 0.284 e. The number of hydrogen-bond acceptors (Lipinski definition) is 5. The van der Waals surface area contributed by atoms with Gasteiger partial charge in [0.25, 0.3) is 10.7 Å². The number of H-pyrrole nitrogens is 1. The fourth-order valence-electron chi connectivity index (χ4n) is 1.62. The van der Waals surface area contributed by atoms with E-state index in [0.717, 1.165) is 16.7 Å². The molecule has 0 unspecified atom stereocenters. The Kier molecular flexibility index (Phi) is 2.22. The SMILES string of the molecule is Cc1nc2ccccc2nc1-c1n[nH]c(=S)o1. The Balaban J connectivity index is 2.29. The zero-order chi connectivity index (χ0) is 11.8. The summed E-state index contributed by atoms with van der Waals surface area (Å²) in [7, 11) is 0. The first-order valence-electron chi connectivity index (χ1n) is 5.03. The number of benzene rings is 1. The van der Waals surface area contributed by atoms with E-state index in [4.69, 9.17) is 16.6 Å². The highest BCUT2D eigenvalue weighted by atomic mass is 32.1. The molecule has 0 saturated heterocycles. The number of rotatable bonds is 1. The van der Waals surface area contributed by atoms with Crippen molar-refractivity contribution in [3.8, 4) is 11.6 Å². The number of hydrogen-bond donors (Lipinski definition) is 1. The average molecular weight is 244 g/mol. The summed E-state index contributed by atoms with van der Waals surface area (Å²) in [6.07, 6.45) is 0. The van der Waals surface area contributed by atoms with Gasteiger partial charge in [-0.3, -0.25) is 0 Å². The van der Waals surface area contributed by atoms with Crippen molar-refractivity contribution in [1.82, 2.24) is 20.2 Å². The van der Waals surface area contributed by atoms with Crippen molar-refractivity contribution < 1.29 is 4.42 Å². The van der Waals surface area contributed by atoms with Crippen molar-refractivity contribution in [1.29, 1.82) is 0 Å². The van der Waals surface area contributed by atoms with Crippen LogP contribution in [0.15, 0.2) is 28.7 Å². The lowest BCUT2D eigenvalue weighted by molar-refractivity contribution is 0.549. The van der Waals surface area contributed by atoms with E-state index in [9.17, 15) is 0 Å². The minimum Gasteiger partial charge on any atom is -0.408 e. The van der Waals surface area contributed by atoms with E-state index < -0.39 is 0 Å². The van der Waals surface area contributed by atoms with Gasteiger partial charge in [-0.1, -0.05) is 12.1 Å². The molecule has 0 aliphatic carbocycles. The lowest BCUT2D eigenvalue weighted by Crippen LogP contribution is -1.94. The molecule has 6 heteroatoms.